The molecule has 4 rings (SSSR count). The van der Waals surface area contributed by atoms with Gasteiger partial charge in [-0.2, -0.15) is 8.61 Å². The van der Waals surface area contributed by atoms with Crippen molar-refractivity contribution in [2.24, 2.45) is 0 Å². The largest absolute Gasteiger partial charge is 2.00 e. The Labute approximate surface area is 268 Å². The van der Waals surface area contributed by atoms with Gasteiger partial charge < -0.3 is 19.8 Å². The number of hydrogen-bond acceptors (Lipinski definition) is 8. The summed E-state index contributed by atoms with van der Waals surface area (Å²) in [5, 5.41) is 22.3. The summed E-state index contributed by atoms with van der Waals surface area (Å²) in [7, 11) is -7.67. The van der Waals surface area contributed by atoms with E-state index in [9.17, 15) is 36.6 Å². The molecule has 2 fully saturated rings. The quantitative estimate of drug-likeness (QED) is 0.409. The molecular formula is C30H40N2O8RhS2. The van der Waals surface area contributed by atoms with Crippen molar-refractivity contribution in [3.05, 3.63) is 59.7 Å². The van der Waals surface area contributed by atoms with Crippen molar-refractivity contribution in [2.45, 2.75) is 99.9 Å². The molecule has 2 heterocycles. The molecule has 0 N–H and O–H groups in total. The molecule has 0 aliphatic carbocycles. The Hall–Kier alpha value is -2.18. The van der Waals surface area contributed by atoms with Gasteiger partial charge in [0.05, 0.1) is 33.8 Å². The third-order valence-corrected chi connectivity index (χ3v) is 11.4. The number of rotatable bonds is 6. The van der Waals surface area contributed by atoms with Gasteiger partial charge in [0.2, 0.25) is 20.0 Å². The fraction of sp³-hybridized carbons (Fsp3) is 0.533. The number of carboxylic acid groups (broad SMARTS) is 2. The van der Waals surface area contributed by atoms with Gasteiger partial charge in [-0.05, 0) is 59.8 Å². The van der Waals surface area contributed by atoms with Crippen molar-refractivity contribution in [3.8, 4) is 0 Å². The molecule has 43 heavy (non-hydrogen) atoms. The van der Waals surface area contributed by atoms with Crippen LogP contribution in [0.15, 0.2) is 58.3 Å². The minimum absolute atomic E-state index is 0. The molecule has 2 aromatic rings. The Balaban J connectivity index is 0.000000293. The second kappa shape index (κ2) is 13.9. The molecule has 0 bridgehead atoms. The molecule has 0 unspecified atom stereocenters. The van der Waals surface area contributed by atoms with Gasteiger partial charge in [-0.15, -0.1) is 0 Å². The molecule has 1 radical (unpaired) electrons. The molecule has 13 heteroatoms. The van der Waals surface area contributed by atoms with Gasteiger partial charge in [-0.1, -0.05) is 77.9 Å². The van der Waals surface area contributed by atoms with Crippen molar-refractivity contribution in [3.63, 3.8) is 0 Å². The molecule has 2 aromatic carbocycles. The zero-order valence-corrected chi connectivity index (χ0v) is 28.6. The van der Waals surface area contributed by atoms with Crippen LogP contribution >= 0.6 is 0 Å². The first-order chi connectivity index (χ1) is 19.3. The van der Waals surface area contributed by atoms with Crippen LogP contribution in [0.3, 0.4) is 0 Å². The predicted molar refractivity (Wildman–Crippen MR) is 154 cm³/mol. The van der Waals surface area contributed by atoms with Crippen LogP contribution in [0.4, 0.5) is 0 Å². The van der Waals surface area contributed by atoms with E-state index in [2.05, 4.69) is 0 Å². The van der Waals surface area contributed by atoms with Crippen LogP contribution in [0.25, 0.3) is 0 Å². The zero-order chi connectivity index (χ0) is 31.7. The van der Waals surface area contributed by atoms with E-state index in [1.165, 1.54) is 0 Å². The molecular weight excluding hydrogens is 683 g/mol. The molecule has 0 aromatic heterocycles. The Kier molecular flexibility index (Phi) is 11.9. The van der Waals surface area contributed by atoms with Crippen LogP contribution in [0.1, 0.15) is 78.4 Å². The van der Waals surface area contributed by atoms with Gasteiger partial charge in [0.1, 0.15) is 0 Å². The van der Waals surface area contributed by atoms with E-state index >= 15 is 0 Å². The smallest absolute Gasteiger partial charge is 0.548 e. The number of sulfonamides is 2. The number of carbonyl (C=O) groups excluding carboxylic acids is 2. The van der Waals surface area contributed by atoms with E-state index in [4.69, 9.17) is 0 Å². The van der Waals surface area contributed by atoms with E-state index < -0.39 is 44.1 Å². The van der Waals surface area contributed by atoms with Gasteiger partial charge in [0.25, 0.3) is 0 Å². The van der Waals surface area contributed by atoms with Crippen LogP contribution in [-0.4, -0.2) is 62.6 Å². The summed E-state index contributed by atoms with van der Waals surface area (Å²) in [5.41, 5.74) is 0.684. The third-order valence-electron chi connectivity index (χ3n) is 7.51. The Morgan fingerprint density at radius 2 is 0.953 bits per heavy atom. The normalized spacial score (nSPS) is 20.1. The Morgan fingerprint density at radius 3 is 1.23 bits per heavy atom. The number of benzene rings is 2. The summed E-state index contributed by atoms with van der Waals surface area (Å²) in [4.78, 5) is 22.7. The second-order valence-corrected chi connectivity index (χ2v) is 16.4. The minimum atomic E-state index is -3.83. The van der Waals surface area contributed by atoms with Crippen LogP contribution in [0.5, 0.6) is 0 Å². The van der Waals surface area contributed by atoms with Crippen LogP contribution in [-0.2, 0) is 59.9 Å². The summed E-state index contributed by atoms with van der Waals surface area (Å²) in [6.07, 6.45) is 1.68. The zero-order valence-electron chi connectivity index (χ0n) is 25.3. The maximum absolute atomic E-state index is 12.9. The van der Waals surface area contributed by atoms with Gasteiger partial charge >= 0.3 is 19.5 Å². The number of nitrogens with zero attached hydrogens (tertiary/aromatic N) is 2. The molecule has 0 saturated carbocycles. The standard InChI is InChI=1S/2C15H21NO4S.Rh/c2*1-15(2,3)11-7-4-5-9-13(11)21(19,20)16-10-6-8-12(16)14(17)18;/h2*4-5,7,9,12H,6,8,10H2,1-3H3,(H,17,18);/q;;+2/p-2/t2*12-;/m00./s1. The van der Waals surface area contributed by atoms with Crippen LogP contribution in [0.2, 0.25) is 0 Å². The minimum Gasteiger partial charge on any atom is -0.548 e. The maximum Gasteiger partial charge on any atom is 2.00 e. The van der Waals surface area contributed by atoms with Crippen LogP contribution < -0.4 is 10.2 Å². The summed E-state index contributed by atoms with van der Waals surface area (Å²) in [6, 6.07) is 11.4. The first kappa shape index (κ1) is 37.0. The third kappa shape index (κ3) is 8.11. The fourth-order valence-electron chi connectivity index (χ4n) is 5.40. The van der Waals surface area contributed by atoms with Crippen molar-refractivity contribution >= 4 is 32.0 Å². The number of carbonyl (C=O) groups is 2. The monoisotopic (exact) mass is 723 g/mol. The topological polar surface area (TPSA) is 155 Å². The Bertz CT molecular complexity index is 1410. The SMILES string of the molecule is CC(C)(C)c1ccccc1S(=O)(=O)N1CCC[C@H]1C(=O)[O-].CC(C)(C)c1ccccc1S(=O)(=O)N1CCC[C@H]1C(=O)[O-].[Rh+2]. The summed E-state index contributed by atoms with van der Waals surface area (Å²) < 4.78 is 53.5. The van der Waals surface area contributed by atoms with Gasteiger partial charge in [-0.3, -0.25) is 0 Å². The summed E-state index contributed by atoms with van der Waals surface area (Å²) in [6.45, 7) is 12.0. The average Bonchev–Trinajstić information content (AvgIpc) is 3.59. The number of hydrogen-bond donors (Lipinski definition) is 0. The van der Waals surface area contributed by atoms with E-state index in [0.29, 0.717) is 36.8 Å². The van der Waals surface area contributed by atoms with Gasteiger partial charge in [-0.25, -0.2) is 16.8 Å². The van der Waals surface area contributed by atoms with E-state index in [0.717, 1.165) is 8.61 Å². The molecule has 2 aliphatic rings. The first-order valence-electron chi connectivity index (χ1n) is 14.0. The van der Waals surface area contributed by atoms with Gasteiger partial charge in [0.15, 0.2) is 0 Å². The summed E-state index contributed by atoms with van der Waals surface area (Å²) in [5.74, 6) is -2.66. The molecule has 2 atom stereocenters. The molecule has 0 amide bonds. The second-order valence-electron chi connectivity index (χ2n) is 12.7. The molecule has 239 valence electrons. The molecule has 0 spiro atoms. The summed E-state index contributed by atoms with van der Waals surface area (Å²) >= 11 is 0. The van der Waals surface area contributed by atoms with Gasteiger partial charge in [0, 0.05) is 13.1 Å². The van der Waals surface area contributed by atoms with Crippen molar-refractivity contribution in [1.29, 1.82) is 0 Å². The van der Waals surface area contributed by atoms with E-state index in [1.54, 1.807) is 48.5 Å². The number of carboxylic acids is 2. The first-order valence-corrected chi connectivity index (χ1v) is 16.8. The molecule has 2 aliphatic heterocycles. The van der Waals surface area contributed by atoms with Crippen molar-refractivity contribution in [2.75, 3.05) is 13.1 Å². The van der Waals surface area contributed by atoms with Crippen molar-refractivity contribution in [1.82, 2.24) is 8.61 Å². The van der Waals surface area contributed by atoms with Crippen LogP contribution in [0, 0.1) is 0 Å². The molecule has 10 nitrogen and oxygen atoms in total. The van der Waals surface area contributed by atoms with E-state index in [1.807, 2.05) is 41.5 Å². The predicted octanol–water partition coefficient (Wildman–Crippen LogP) is 1.77. The molecule has 2 saturated heterocycles. The van der Waals surface area contributed by atoms with E-state index in [-0.39, 0.29) is 53.2 Å². The fourth-order valence-corrected chi connectivity index (χ4v) is 9.50. The Morgan fingerprint density at radius 1 is 0.651 bits per heavy atom. The maximum atomic E-state index is 12.9. The number of aliphatic carboxylic acids is 2. The average molecular weight is 724 g/mol. The van der Waals surface area contributed by atoms with Crippen molar-refractivity contribution < 1.29 is 56.1 Å².